The third-order valence-electron chi connectivity index (χ3n) is 3.39. The van der Waals surface area contributed by atoms with Crippen LogP contribution in [0.25, 0.3) is 0 Å². The normalized spacial score (nSPS) is 17.2. The minimum atomic E-state index is -1.10. The molecular weight excluding hydrogens is 425 g/mol. The van der Waals surface area contributed by atoms with E-state index in [9.17, 15) is 14.7 Å². The summed E-state index contributed by atoms with van der Waals surface area (Å²) < 4.78 is 1.60. The van der Waals surface area contributed by atoms with Crippen molar-refractivity contribution in [3.05, 3.63) is 31.8 Å². The summed E-state index contributed by atoms with van der Waals surface area (Å²) in [6.45, 7) is 0. The fraction of sp³-hybridized carbons (Fsp3) is 0.385. The zero-order valence-electron chi connectivity index (χ0n) is 10.1. The summed E-state index contributed by atoms with van der Waals surface area (Å²) in [6, 6.07) is 5.41. The molecule has 0 aromatic heterocycles. The van der Waals surface area contributed by atoms with E-state index in [0.717, 1.165) is 16.4 Å². The van der Waals surface area contributed by atoms with Crippen LogP contribution in [0, 0.1) is 3.57 Å². The molecule has 102 valence electrons. The third-order valence-corrected chi connectivity index (χ3v) is 4.75. The Labute approximate surface area is 133 Å². The smallest absolute Gasteiger partial charge is 0.329 e. The standard InChI is InChI=1S/C13H13BrINO3/c14-10-4-3-8(15)7-9(10)11(17)16-13(12(18)19)5-1-2-6-13/h3-4,7H,1-2,5-6H2,(H,16,17)(H,18,19). The van der Waals surface area contributed by atoms with E-state index in [2.05, 4.69) is 43.8 Å². The van der Waals surface area contributed by atoms with Gasteiger partial charge in [-0.25, -0.2) is 4.79 Å². The van der Waals surface area contributed by atoms with E-state index in [1.165, 1.54) is 0 Å². The van der Waals surface area contributed by atoms with Gasteiger partial charge in [0.05, 0.1) is 5.56 Å². The van der Waals surface area contributed by atoms with Gasteiger partial charge < -0.3 is 10.4 Å². The van der Waals surface area contributed by atoms with Gasteiger partial charge in [-0.05, 0) is 69.6 Å². The molecule has 0 atom stereocenters. The molecule has 4 nitrogen and oxygen atoms in total. The molecular formula is C13H13BrINO3. The number of halogens is 2. The van der Waals surface area contributed by atoms with Gasteiger partial charge in [-0.1, -0.05) is 12.8 Å². The first-order valence-electron chi connectivity index (χ1n) is 5.95. The van der Waals surface area contributed by atoms with Crippen molar-refractivity contribution in [3.63, 3.8) is 0 Å². The summed E-state index contributed by atoms with van der Waals surface area (Å²) in [7, 11) is 0. The van der Waals surface area contributed by atoms with Gasteiger partial charge in [0.2, 0.25) is 0 Å². The molecule has 19 heavy (non-hydrogen) atoms. The van der Waals surface area contributed by atoms with Crippen molar-refractivity contribution in [1.82, 2.24) is 5.32 Å². The molecule has 0 radical (unpaired) electrons. The molecule has 2 N–H and O–H groups in total. The summed E-state index contributed by atoms with van der Waals surface area (Å²) >= 11 is 5.44. The number of benzene rings is 1. The van der Waals surface area contributed by atoms with Gasteiger partial charge >= 0.3 is 5.97 Å². The lowest BCUT2D eigenvalue weighted by atomic mass is 9.97. The van der Waals surface area contributed by atoms with E-state index in [4.69, 9.17) is 0 Å². The van der Waals surface area contributed by atoms with Crippen LogP contribution in [0.15, 0.2) is 22.7 Å². The van der Waals surface area contributed by atoms with Crippen molar-refractivity contribution < 1.29 is 14.7 Å². The second kappa shape index (κ2) is 5.78. The minimum absolute atomic E-state index is 0.338. The van der Waals surface area contributed by atoms with E-state index in [1.54, 1.807) is 12.1 Å². The summed E-state index contributed by atoms with van der Waals surface area (Å²) in [5.41, 5.74) is -0.628. The Hall–Kier alpha value is -0.630. The minimum Gasteiger partial charge on any atom is -0.480 e. The number of hydrogen-bond donors (Lipinski definition) is 2. The molecule has 2 rings (SSSR count). The number of rotatable bonds is 3. The molecule has 1 aromatic rings. The zero-order chi connectivity index (χ0) is 14.0. The highest BCUT2D eigenvalue weighted by molar-refractivity contribution is 14.1. The average Bonchev–Trinajstić information content (AvgIpc) is 2.82. The Bertz CT molecular complexity index is 527. The Morgan fingerprint density at radius 3 is 2.53 bits per heavy atom. The van der Waals surface area contributed by atoms with Gasteiger partial charge in [-0.3, -0.25) is 4.79 Å². The highest BCUT2D eigenvalue weighted by Gasteiger charge is 2.42. The molecule has 0 spiro atoms. The van der Waals surface area contributed by atoms with Crippen LogP contribution in [0.2, 0.25) is 0 Å². The van der Waals surface area contributed by atoms with E-state index in [1.807, 2.05) is 6.07 Å². The summed E-state index contributed by atoms with van der Waals surface area (Å²) in [6.07, 6.45) is 2.66. The lowest BCUT2D eigenvalue weighted by Crippen LogP contribution is -2.52. The van der Waals surface area contributed by atoms with Gasteiger partial charge in [0.1, 0.15) is 5.54 Å². The number of carboxylic acids is 1. The van der Waals surface area contributed by atoms with Crippen molar-refractivity contribution in [1.29, 1.82) is 0 Å². The molecule has 6 heteroatoms. The summed E-state index contributed by atoms with van der Waals surface area (Å²) in [5, 5.41) is 12.1. The van der Waals surface area contributed by atoms with Gasteiger partial charge in [-0.2, -0.15) is 0 Å². The molecule has 0 aliphatic heterocycles. The van der Waals surface area contributed by atoms with E-state index in [-0.39, 0.29) is 5.91 Å². The van der Waals surface area contributed by atoms with Gasteiger partial charge in [-0.15, -0.1) is 0 Å². The Morgan fingerprint density at radius 1 is 1.32 bits per heavy atom. The van der Waals surface area contributed by atoms with Crippen LogP contribution in [0.3, 0.4) is 0 Å². The number of hydrogen-bond acceptors (Lipinski definition) is 2. The molecule has 1 aliphatic carbocycles. The summed E-state index contributed by atoms with van der Waals surface area (Å²) in [5.74, 6) is -1.28. The number of nitrogens with one attached hydrogen (secondary N) is 1. The summed E-state index contributed by atoms with van der Waals surface area (Å²) in [4.78, 5) is 23.7. The largest absolute Gasteiger partial charge is 0.480 e. The van der Waals surface area contributed by atoms with E-state index < -0.39 is 11.5 Å². The van der Waals surface area contributed by atoms with Crippen LogP contribution >= 0.6 is 38.5 Å². The molecule has 1 aliphatic rings. The number of carbonyl (C=O) groups is 2. The molecule has 0 bridgehead atoms. The van der Waals surface area contributed by atoms with Gasteiger partial charge in [0.25, 0.3) is 5.91 Å². The number of carbonyl (C=O) groups excluding carboxylic acids is 1. The van der Waals surface area contributed by atoms with Crippen molar-refractivity contribution in [2.24, 2.45) is 0 Å². The van der Waals surface area contributed by atoms with Crippen LogP contribution in [0.4, 0.5) is 0 Å². The lowest BCUT2D eigenvalue weighted by Gasteiger charge is -2.25. The van der Waals surface area contributed by atoms with Crippen molar-refractivity contribution >= 4 is 50.4 Å². The maximum absolute atomic E-state index is 12.3. The van der Waals surface area contributed by atoms with Gasteiger partial charge in [0, 0.05) is 8.04 Å². The van der Waals surface area contributed by atoms with Crippen LogP contribution in [-0.4, -0.2) is 22.5 Å². The quantitative estimate of drug-likeness (QED) is 0.713. The first kappa shape index (κ1) is 14.8. The first-order chi connectivity index (χ1) is 8.94. The average molecular weight is 438 g/mol. The third kappa shape index (κ3) is 3.10. The first-order valence-corrected chi connectivity index (χ1v) is 7.83. The number of amides is 1. The van der Waals surface area contributed by atoms with Crippen LogP contribution in [0.5, 0.6) is 0 Å². The second-order valence-corrected chi connectivity index (χ2v) is 6.77. The molecule has 0 unspecified atom stereocenters. The van der Waals surface area contributed by atoms with Gasteiger partial charge in [0.15, 0.2) is 0 Å². The van der Waals surface area contributed by atoms with Crippen molar-refractivity contribution in [2.75, 3.05) is 0 Å². The molecule has 1 saturated carbocycles. The maximum atomic E-state index is 12.3. The second-order valence-electron chi connectivity index (χ2n) is 4.67. The Balaban J connectivity index is 2.25. The van der Waals surface area contributed by atoms with E-state index >= 15 is 0 Å². The molecule has 1 fully saturated rings. The van der Waals surface area contributed by atoms with Crippen molar-refractivity contribution in [3.8, 4) is 0 Å². The Morgan fingerprint density at radius 2 is 1.95 bits per heavy atom. The predicted octanol–water partition coefficient (Wildman–Crippen LogP) is 3.18. The fourth-order valence-corrected chi connectivity index (χ4v) is 3.24. The number of aliphatic carboxylic acids is 1. The SMILES string of the molecule is O=C(NC1(C(=O)O)CCCC1)c1cc(I)ccc1Br. The van der Waals surface area contributed by atoms with Crippen LogP contribution in [-0.2, 0) is 4.79 Å². The highest BCUT2D eigenvalue weighted by atomic mass is 127. The molecule has 1 amide bonds. The van der Waals surface area contributed by atoms with Crippen molar-refractivity contribution in [2.45, 2.75) is 31.2 Å². The topological polar surface area (TPSA) is 66.4 Å². The molecule has 1 aromatic carbocycles. The van der Waals surface area contributed by atoms with E-state index in [0.29, 0.717) is 22.9 Å². The Kier molecular flexibility index (Phi) is 4.50. The fourth-order valence-electron chi connectivity index (χ4n) is 2.33. The van der Waals surface area contributed by atoms with Crippen LogP contribution in [0.1, 0.15) is 36.0 Å². The molecule has 0 saturated heterocycles. The number of carboxylic acid groups (broad SMARTS) is 1. The monoisotopic (exact) mass is 437 g/mol. The molecule has 0 heterocycles. The maximum Gasteiger partial charge on any atom is 0.329 e. The van der Waals surface area contributed by atoms with Crippen LogP contribution < -0.4 is 5.32 Å². The highest BCUT2D eigenvalue weighted by Crippen LogP contribution is 2.31. The zero-order valence-corrected chi connectivity index (χ0v) is 13.8. The lowest BCUT2D eigenvalue weighted by molar-refractivity contribution is -0.144. The predicted molar refractivity (Wildman–Crippen MR) is 83.2 cm³/mol.